The second kappa shape index (κ2) is 8.54. The van der Waals surface area contributed by atoms with Gasteiger partial charge in [0.05, 0.1) is 18.1 Å². The van der Waals surface area contributed by atoms with Crippen LogP contribution in [-0.2, 0) is 23.9 Å². The number of carbonyl (C=O) groups is 3. The average molecular weight is 437 g/mol. The highest BCUT2D eigenvalue weighted by atomic mass is 16.6. The van der Waals surface area contributed by atoms with Gasteiger partial charge in [-0.25, -0.2) is 0 Å². The van der Waals surface area contributed by atoms with Crippen molar-refractivity contribution in [2.75, 3.05) is 26.3 Å². The van der Waals surface area contributed by atoms with Crippen LogP contribution in [0.1, 0.15) is 47.5 Å². The fourth-order valence-electron chi connectivity index (χ4n) is 5.94. The summed E-state index contributed by atoms with van der Waals surface area (Å²) in [5.41, 5.74) is -1.95. The molecule has 3 aliphatic rings. The number of hydrogen-bond donors (Lipinski definition) is 1. The highest BCUT2D eigenvalue weighted by Crippen LogP contribution is 2.65. The Labute approximate surface area is 184 Å². The zero-order chi connectivity index (χ0) is 23.1. The van der Waals surface area contributed by atoms with Gasteiger partial charge in [-0.1, -0.05) is 13.0 Å². The maximum atomic E-state index is 13.9. The lowest BCUT2D eigenvalue weighted by Gasteiger charge is -2.38. The number of carbonyl (C=O) groups excluding carboxylic acids is 3. The third-order valence-corrected chi connectivity index (χ3v) is 7.38. The standard InChI is InChI=1S/C23H36N2O6/c1-7-10-24(14(3)4)20(28)18-23-13-15(5)22(6,31-23)17(21(29)30-8-2)16(23)19(27)25(18)11-9-12-26/h7,14-18,26H,1,8-13H2,2-6H3/t15?,16-,17+,18?,22-,23?/m0/s1. The van der Waals surface area contributed by atoms with Gasteiger partial charge in [0.15, 0.2) is 0 Å². The summed E-state index contributed by atoms with van der Waals surface area (Å²) in [6.07, 6.45) is 2.53. The van der Waals surface area contributed by atoms with E-state index in [0.29, 0.717) is 19.4 Å². The predicted octanol–water partition coefficient (Wildman–Crippen LogP) is 1.37. The Bertz CT molecular complexity index is 754. The molecule has 1 spiro atoms. The third-order valence-electron chi connectivity index (χ3n) is 7.38. The van der Waals surface area contributed by atoms with Crippen LogP contribution < -0.4 is 0 Å². The molecule has 0 aromatic heterocycles. The van der Waals surface area contributed by atoms with Crippen LogP contribution in [-0.4, -0.2) is 82.3 Å². The molecule has 2 amide bonds. The number of fused-ring (bicyclic) bond motifs is 1. The van der Waals surface area contributed by atoms with E-state index in [0.717, 1.165) is 0 Å². The molecule has 6 atom stereocenters. The summed E-state index contributed by atoms with van der Waals surface area (Å²) in [6, 6.07) is -0.939. The number of esters is 1. The van der Waals surface area contributed by atoms with Crippen LogP contribution in [0, 0.1) is 17.8 Å². The minimum atomic E-state index is -1.08. The zero-order valence-electron chi connectivity index (χ0n) is 19.3. The van der Waals surface area contributed by atoms with Crippen molar-refractivity contribution in [3.63, 3.8) is 0 Å². The summed E-state index contributed by atoms with van der Waals surface area (Å²) >= 11 is 0. The summed E-state index contributed by atoms with van der Waals surface area (Å²) in [5.74, 6) is -2.46. The van der Waals surface area contributed by atoms with Crippen LogP contribution in [0.2, 0.25) is 0 Å². The number of ether oxygens (including phenoxy) is 2. The molecule has 2 bridgehead atoms. The van der Waals surface area contributed by atoms with Crippen molar-refractivity contribution < 1.29 is 29.0 Å². The van der Waals surface area contributed by atoms with Crippen molar-refractivity contribution in [2.24, 2.45) is 17.8 Å². The van der Waals surface area contributed by atoms with E-state index < -0.39 is 35.0 Å². The Morgan fingerprint density at radius 3 is 2.68 bits per heavy atom. The van der Waals surface area contributed by atoms with Crippen molar-refractivity contribution in [1.29, 1.82) is 0 Å². The number of likely N-dealkylation sites (tertiary alicyclic amines) is 1. The Morgan fingerprint density at radius 1 is 1.45 bits per heavy atom. The molecule has 0 aliphatic carbocycles. The molecule has 1 N–H and O–H groups in total. The molecule has 0 saturated carbocycles. The van der Waals surface area contributed by atoms with Gasteiger partial charge < -0.3 is 24.4 Å². The first-order valence-corrected chi connectivity index (χ1v) is 11.3. The smallest absolute Gasteiger partial charge is 0.312 e. The highest BCUT2D eigenvalue weighted by molar-refractivity contribution is 5.98. The molecule has 3 fully saturated rings. The van der Waals surface area contributed by atoms with Gasteiger partial charge in [0, 0.05) is 25.7 Å². The molecular weight excluding hydrogens is 400 g/mol. The third kappa shape index (κ3) is 3.39. The van der Waals surface area contributed by atoms with Crippen LogP contribution in [0.3, 0.4) is 0 Å². The first-order valence-electron chi connectivity index (χ1n) is 11.3. The quantitative estimate of drug-likeness (QED) is 0.433. The summed E-state index contributed by atoms with van der Waals surface area (Å²) in [7, 11) is 0. The number of hydrogen-bond acceptors (Lipinski definition) is 6. The van der Waals surface area contributed by atoms with E-state index in [-0.39, 0.29) is 43.5 Å². The summed E-state index contributed by atoms with van der Waals surface area (Å²) in [4.78, 5) is 43.8. The SMILES string of the molecule is C=CCN(C(=O)C1N(CCCO)C(=O)[C@@H]2[C@H](C(=O)OCC)[C@@]3(C)OC12CC3C)C(C)C. The first-order chi connectivity index (χ1) is 14.6. The molecule has 3 rings (SSSR count). The molecule has 8 heteroatoms. The number of amides is 2. The molecule has 3 unspecified atom stereocenters. The number of nitrogens with zero attached hydrogens (tertiary/aromatic N) is 2. The summed E-state index contributed by atoms with van der Waals surface area (Å²) in [5, 5.41) is 9.39. The van der Waals surface area contributed by atoms with E-state index in [1.54, 1.807) is 17.9 Å². The van der Waals surface area contributed by atoms with E-state index in [9.17, 15) is 19.5 Å². The predicted molar refractivity (Wildman–Crippen MR) is 114 cm³/mol. The molecule has 0 radical (unpaired) electrons. The van der Waals surface area contributed by atoms with Crippen LogP contribution in [0.5, 0.6) is 0 Å². The molecule has 174 valence electrons. The van der Waals surface area contributed by atoms with E-state index in [2.05, 4.69) is 6.58 Å². The largest absolute Gasteiger partial charge is 0.466 e. The number of aliphatic hydroxyl groups is 1. The van der Waals surface area contributed by atoms with Crippen molar-refractivity contribution in [2.45, 2.75) is 70.7 Å². The Balaban J connectivity index is 2.11. The molecule has 3 saturated heterocycles. The van der Waals surface area contributed by atoms with Crippen LogP contribution in [0.4, 0.5) is 0 Å². The van der Waals surface area contributed by atoms with E-state index in [1.807, 2.05) is 27.7 Å². The van der Waals surface area contributed by atoms with Crippen LogP contribution in [0.15, 0.2) is 12.7 Å². The lowest BCUT2D eigenvalue weighted by atomic mass is 9.62. The number of aliphatic hydroxyl groups excluding tert-OH is 1. The normalized spacial score (nSPS) is 36.1. The average Bonchev–Trinajstić information content (AvgIpc) is 3.21. The summed E-state index contributed by atoms with van der Waals surface area (Å²) in [6.45, 7) is 13.9. The van der Waals surface area contributed by atoms with Gasteiger partial charge >= 0.3 is 5.97 Å². The Hall–Kier alpha value is -1.93. The molecular formula is C23H36N2O6. The maximum Gasteiger partial charge on any atom is 0.312 e. The van der Waals surface area contributed by atoms with Crippen molar-refractivity contribution >= 4 is 17.8 Å². The topological polar surface area (TPSA) is 96.4 Å². The lowest BCUT2D eigenvalue weighted by Crippen LogP contribution is -2.57. The lowest BCUT2D eigenvalue weighted by molar-refractivity contribution is -0.162. The molecule has 3 aliphatic heterocycles. The molecule has 31 heavy (non-hydrogen) atoms. The Kier molecular flexibility index (Phi) is 6.54. The fraction of sp³-hybridized carbons (Fsp3) is 0.783. The minimum Gasteiger partial charge on any atom is -0.466 e. The maximum absolute atomic E-state index is 13.9. The second-order valence-corrected chi connectivity index (χ2v) is 9.44. The zero-order valence-corrected chi connectivity index (χ0v) is 19.3. The van der Waals surface area contributed by atoms with Crippen LogP contribution in [0.25, 0.3) is 0 Å². The van der Waals surface area contributed by atoms with Crippen molar-refractivity contribution in [3.05, 3.63) is 12.7 Å². The number of rotatable bonds is 9. The fourth-order valence-corrected chi connectivity index (χ4v) is 5.94. The van der Waals surface area contributed by atoms with Gasteiger partial charge in [-0.3, -0.25) is 14.4 Å². The van der Waals surface area contributed by atoms with Gasteiger partial charge in [-0.15, -0.1) is 6.58 Å². The Morgan fingerprint density at radius 2 is 2.13 bits per heavy atom. The van der Waals surface area contributed by atoms with Crippen molar-refractivity contribution in [3.8, 4) is 0 Å². The minimum absolute atomic E-state index is 0.0223. The molecule has 3 heterocycles. The summed E-state index contributed by atoms with van der Waals surface area (Å²) < 4.78 is 11.9. The van der Waals surface area contributed by atoms with Gasteiger partial charge in [0.2, 0.25) is 11.8 Å². The van der Waals surface area contributed by atoms with E-state index in [1.165, 1.54) is 4.90 Å². The van der Waals surface area contributed by atoms with E-state index in [4.69, 9.17) is 9.47 Å². The highest BCUT2D eigenvalue weighted by Gasteiger charge is 2.80. The molecule has 8 nitrogen and oxygen atoms in total. The van der Waals surface area contributed by atoms with Crippen molar-refractivity contribution in [1.82, 2.24) is 9.80 Å². The van der Waals surface area contributed by atoms with Crippen LogP contribution >= 0.6 is 0 Å². The van der Waals surface area contributed by atoms with Gasteiger partial charge in [0.1, 0.15) is 17.6 Å². The van der Waals surface area contributed by atoms with Gasteiger partial charge in [-0.05, 0) is 46.5 Å². The van der Waals surface area contributed by atoms with Gasteiger partial charge in [-0.2, -0.15) is 0 Å². The molecule has 0 aromatic carbocycles. The van der Waals surface area contributed by atoms with E-state index >= 15 is 0 Å². The van der Waals surface area contributed by atoms with Gasteiger partial charge in [0.25, 0.3) is 0 Å². The first kappa shape index (κ1) is 23.7. The monoisotopic (exact) mass is 436 g/mol. The second-order valence-electron chi connectivity index (χ2n) is 9.44. The molecule has 0 aromatic rings.